The van der Waals surface area contributed by atoms with Gasteiger partial charge in [-0.25, -0.2) is 0 Å². The second-order valence-corrected chi connectivity index (χ2v) is 3.87. The first-order chi connectivity index (χ1) is 5.37. The van der Waals surface area contributed by atoms with Crippen LogP contribution in [0.4, 0.5) is 0 Å². The summed E-state index contributed by atoms with van der Waals surface area (Å²) in [6.45, 7) is 2.20. The summed E-state index contributed by atoms with van der Waals surface area (Å²) in [6.07, 6.45) is 0.523. The van der Waals surface area contributed by atoms with E-state index in [0.29, 0.717) is 6.42 Å². The van der Waals surface area contributed by atoms with E-state index in [1.807, 2.05) is 21.1 Å². The third-order valence-electron chi connectivity index (χ3n) is 1.55. The van der Waals surface area contributed by atoms with Crippen molar-refractivity contribution in [2.45, 2.75) is 13.3 Å². The van der Waals surface area contributed by atoms with Gasteiger partial charge in [-0.15, -0.1) is 0 Å². The Morgan fingerprint density at radius 1 is 1.38 bits per heavy atom. The van der Waals surface area contributed by atoms with Gasteiger partial charge in [0.15, 0.2) is 5.78 Å². The van der Waals surface area contributed by atoms with E-state index in [0.717, 1.165) is 11.0 Å². The highest BCUT2D eigenvalue weighted by molar-refractivity contribution is 6.38. The summed E-state index contributed by atoms with van der Waals surface area (Å²) in [5.41, 5.74) is 0.253. The number of hydrogen-bond acceptors (Lipinski definition) is 3. The maximum Gasteiger partial charge on any atom is 0.177 e. The number of quaternary nitrogens is 1. The zero-order valence-electron chi connectivity index (χ0n) is 8.54. The number of Topliss-reactive ketones (excluding diaryl/α,β-unsaturated/α-hetero) is 1. The molecule has 0 bridgehead atoms. The second kappa shape index (κ2) is 6.31. The van der Waals surface area contributed by atoms with E-state index in [2.05, 4.69) is 5.16 Å². The third kappa shape index (κ3) is 8.17. The average Bonchev–Trinajstić information content (AvgIpc) is 1.85. The van der Waals surface area contributed by atoms with Gasteiger partial charge in [0.1, 0.15) is 5.71 Å². The first-order valence-electron chi connectivity index (χ1n) is 3.89. The summed E-state index contributed by atoms with van der Waals surface area (Å²) in [5.74, 6) is -0.161. The molecule has 0 aliphatic heterocycles. The molecule has 0 heterocycles. The first-order valence-corrected chi connectivity index (χ1v) is 3.89. The SMILES string of the molecule is CC(=O)/C(CC[N+](C)(C)C)=N\O.[I-]. The van der Waals surface area contributed by atoms with E-state index in [1.54, 1.807) is 0 Å². The molecule has 0 spiro atoms. The van der Waals surface area contributed by atoms with Gasteiger partial charge in [-0.05, 0) is 0 Å². The van der Waals surface area contributed by atoms with Gasteiger partial charge < -0.3 is 33.7 Å². The van der Waals surface area contributed by atoms with Crippen LogP contribution in [0.15, 0.2) is 5.16 Å². The Balaban J connectivity index is 0. The van der Waals surface area contributed by atoms with E-state index in [-0.39, 0.29) is 35.5 Å². The molecule has 13 heavy (non-hydrogen) atoms. The Hall–Kier alpha value is -0.170. The molecule has 1 N–H and O–H groups in total. The molecule has 4 nitrogen and oxygen atoms in total. The molecule has 0 saturated carbocycles. The molecular formula is C8H17IN2O2. The Morgan fingerprint density at radius 2 is 1.85 bits per heavy atom. The maximum absolute atomic E-state index is 10.8. The first kappa shape index (κ1) is 15.3. The van der Waals surface area contributed by atoms with Gasteiger partial charge >= 0.3 is 0 Å². The number of ketones is 1. The van der Waals surface area contributed by atoms with Crippen LogP contribution in [0.5, 0.6) is 0 Å². The predicted molar refractivity (Wildman–Crippen MR) is 47.4 cm³/mol. The molecule has 0 aromatic rings. The molecule has 0 saturated heterocycles. The van der Waals surface area contributed by atoms with Crippen LogP contribution in [0.3, 0.4) is 0 Å². The van der Waals surface area contributed by atoms with Gasteiger partial charge in [-0.1, -0.05) is 5.16 Å². The fourth-order valence-electron chi connectivity index (χ4n) is 0.738. The molecule has 0 radical (unpaired) electrons. The number of carbonyl (C=O) groups is 1. The van der Waals surface area contributed by atoms with E-state index >= 15 is 0 Å². The summed E-state index contributed by atoms with van der Waals surface area (Å²) in [4.78, 5) is 10.8. The minimum absolute atomic E-state index is 0. The van der Waals surface area contributed by atoms with Gasteiger partial charge in [-0.2, -0.15) is 0 Å². The van der Waals surface area contributed by atoms with Crippen LogP contribution in [0.25, 0.3) is 0 Å². The lowest BCUT2D eigenvalue weighted by Gasteiger charge is -2.23. The van der Waals surface area contributed by atoms with Crippen molar-refractivity contribution in [2.75, 3.05) is 27.7 Å². The minimum atomic E-state index is -0.161. The Morgan fingerprint density at radius 3 is 2.08 bits per heavy atom. The molecule has 0 aromatic heterocycles. The van der Waals surface area contributed by atoms with Crippen molar-refractivity contribution in [1.82, 2.24) is 0 Å². The van der Waals surface area contributed by atoms with Crippen molar-refractivity contribution < 1.29 is 38.5 Å². The highest BCUT2D eigenvalue weighted by Crippen LogP contribution is 1.96. The molecule has 0 aromatic carbocycles. The Labute approximate surface area is 96.2 Å². The second-order valence-electron chi connectivity index (χ2n) is 3.87. The van der Waals surface area contributed by atoms with Crippen LogP contribution in [-0.4, -0.2) is 48.9 Å². The van der Waals surface area contributed by atoms with Crippen LogP contribution in [-0.2, 0) is 4.79 Å². The quantitative estimate of drug-likeness (QED) is 0.205. The van der Waals surface area contributed by atoms with E-state index in [1.165, 1.54) is 6.92 Å². The number of nitrogens with zero attached hydrogens (tertiary/aromatic N) is 2. The van der Waals surface area contributed by atoms with Crippen LogP contribution in [0.1, 0.15) is 13.3 Å². The molecule has 0 amide bonds. The standard InChI is InChI=1S/C8H16N2O2.HI/c1-7(11)8(9-12)5-6-10(2,3)4;/h5-6H2,1-4H3;1H. The topological polar surface area (TPSA) is 49.7 Å². The smallest absolute Gasteiger partial charge is 0.177 e. The van der Waals surface area contributed by atoms with Crippen molar-refractivity contribution >= 4 is 11.5 Å². The van der Waals surface area contributed by atoms with E-state index in [4.69, 9.17) is 5.21 Å². The monoisotopic (exact) mass is 300 g/mol. The summed E-state index contributed by atoms with van der Waals surface area (Å²) in [7, 11) is 6.07. The van der Waals surface area contributed by atoms with Gasteiger partial charge in [0, 0.05) is 13.3 Å². The Bertz CT molecular complexity index is 197. The molecule has 78 valence electrons. The lowest BCUT2D eigenvalue weighted by Crippen LogP contribution is -3.00. The minimum Gasteiger partial charge on any atom is -1.00 e. The molecule has 0 aliphatic rings. The van der Waals surface area contributed by atoms with Crippen molar-refractivity contribution in [2.24, 2.45) is 5.16 Å². The third-order valence-corrected chi connectivity index (χ3v) is 1.55. The zero-order valence-corrected chi connectivity index (χ0v) is 10.7. The number of oxime groups is 1. The molecule has 5 heteroatoms. The van der Waals surface area contributed by atoms with Crippen molar-refractivity contribution in [3.8, 4) is 0 Å². The molecule has 0 aliphatic carbocycles. The van der Waals surface area contributed by atoms with E-state index in [9.17, 15) is 4.79 Å². The normalized spacial score (nSPS) is 12.2. The van der Waals surface area contributed by atoms with Crippen molar-refractivity contribution in [1.29, 1.82) is 0 Å². The number of carbonyl (C=O) groups excluding carboxylic acids is 1. The largest absolute Gasteiger partial charge is 1.00 e. The lowest BCUT2D eigenvalue weighted by molar-refractivity contribution is -0.869. The summed E-state index contributed by atoms with van der Waals surface area (Å²) in [6, 6.07) is 0. The highest BCUT2D eigenvalue weighted by Gasteiger charge is 2.12. The maximum atomic E-state index is 10.8. The highest BCUT2D eigenvalue weighted by atomic mass is 127. The molecular weight excluding hydrogens is 283 g/mol. The fourth-order valence-corrected chi connectivity index (χ4v) is 0.738. The van der Waals surface area contributed by atoms with Crippen molar-refractivity contribution in [3.05, 3.63) is 0 Å². The number of hydrogen-bond donors (Lipinski definition) is 1. The van der Waals surface area contributed by atoms with Gasteiger partial charge in [0.25, 0.3) is 0 Å². The van der Waals surface area contributed by atoms with E-state index < -0.39 is 0 Å². The van der Waals surface area contributed by atoms with Gasteiger partial charge in [0.05, 0.1) is 27.7 Å². The van der Waals surface area contributed by atoms with Gasteiger partial charge in [0.2, 0.25) is 0 Å². The molecule has 0 atom stereocenters. The van der Waals surface area contributed by atoms with Crippen LogP contribution < -0.4 is 24.0 Å². The van der Waals surface area contributed by atoms with Crippen molar-refractivity contribution in [3.63, 3.8) is 0 Å². The number of rotatable bonds is 4. The number of halogens is 1. The van der Waals surface area contributed by atoms with Crippen LogP contribution in [0, 0.1) is 0 Å². The summed E-state index contributed by atoms with van der Waals surface area (Å²) < 4.78 is 0.756. The van der Waals surface area contributed by atoms with Crippen LogP contribution >= 0.6 is 0 Å². The summed E-state index contributed by atoms with van der Waals surface area (Å²) >= 11 is 0. The fraction of sp³-hybridized carbons (Fsp3) is 0.750. The average molecular weight is 300 g/mol. The van der Waals surface area contributed by atoms with Crippen LogP contribution in [0.2, 0.25) is 0 Å². The zero-order chi connectivity index (χ0) is 9.78. The molecule has 0 rings (SSSR count). The summed E-state index contributed by atoms with van der Waals surface area (Å²) in [5, 5.41) is 11.4. The Kier molecular flexibility index (Phi) is 7.43. The lowest BCUT2D eigenvalue weighted by atomic mass is 10.2. The molecule has 0 fully saturated rings. The van der Waals surface area contributed by atoms with Gasteiger partial charge in [-0.3, -0.25) is 4.79 Å². The molecule has 0 unspecified atom stereocenters. The predicted octanol–water partition coefficient (Wildman–Crippen LogP) is -2.49.